The van der Waals surface area contributed by atoms with Gasteiger partial charge in [0.1, 0.15) is 11.5 Å². The highest BCUT2D eigenvalue weighted by Gasteiger charge is 2.11. The van der Waals surface area contributed by atoms with Crippen LogP contribution in [0.2, 0.25) is 0 Å². The summed E-state index contributed by atoms with van der Waals surface area (Å²) in [7, 11) is 3.33. The lowest BCUT2D eigenvalue weighted by Gasteiger charge is -2.10. The fraction of sp³-hybridized carbons (Fsp3) is 0.278. The summed E-state index contributed by atoms with van der Waals surface area (Å²) < 4.78 is 0. The quantitative estimate of drug-likeness (QED) is 0.785. The van der Waals surface area contributed by atoms with E-state index in [0.717, 1.165) is 12.2 Å². The molecule has 24 heavy (non-hydrogen) atoms. The van der Waals surface area contributed by atoms with Gasteiger partial charge >= 0.3 is 0 Å². The van der Waals surface area contributed by atoms with Gasteiger partial charge in [0.05, 0.1) is 5.75 Å². The van der Waals surface area contributed by atoms with Crippen molar-refractivity contribution in [2.24, 2.45) is 0 Å². The van der Waals surface area contributed by atoms with E-state index in [-0.39, 0.29) is 11.8 Å². The second-order valence-electron chi connectivity index (χ2n) is 5.44. The number of rotatable bonds is 7. The molecule has 5 nitrogen and oxygen atoms in total. The van der Waals surface area contributed by atoms with Crippen LogP contribution in [-0.2, 0) is 11.2 Å². The lowest BCUT2D eigenvalue weighted by Crippen LogP contribution is -2.23. The smallest absolute Gasteiger partial charge is 0.272 e. The molecule has 0 saturated heterocycles. The van der Waals surface area contributed by atoms with Crippen LogP contribution in [0.1, 0.15) is 16.1 Å². The second kappa shape index (κ2) is 9.08. The maximum absolute atomic E-state index is 12.0. The van der Waals surface area contributed by atoms with Gasteiger partial charge in [-0.15, -0.1) is 0 Å². The van der Waals surface area contributed by atoms with Gasteiger partial charge in [-0.05, 0) is 29.9 Å². The number of carbonyl (C=O) groups is 2. The molecule has 1 aromatic heterocycles. The summed E-state index contributed by atoms with van der Waals surface area (Å²) in [6, 6.07) is 15.2. The van der Waals surface area contributed by atoms with E-state index < -0.39 is 0 Å². The number of anilines is 1. The number of nitrogens with one attached hydrogen (secondary N) is 1. The normalized spacial score (nSPS) is 10.2. The van der Waals surface area contributed by atoms with Crippen LogP contribution in [0.3, 0.4) is 0 Å². The van der Waals surface area contributed by atoms with Gasteiger partial charge in [-0.2, -0.15) is 11.8 Å². The number of carbonyl (C=O) groups excluding carboxylic acids is 2. The van der Waals surface area contributed by atoms with Crippen molar-refractivity contribution in [1.29, 1.82) is 0 Å². The van der Waals surface area contributed by atoms with Crippen LogP contribution in [0.25, 0.3) is 0 Å². The highest BCUT2D eigenvalue weighted by molar-refractivity contribution is 7.99. The molecule has 0 aliphatic rings. The number of hydrogen-bond acceptors (Lipinski definition) is 4. The van der Waals surface area contributed by atoms with Crippen molar-refractivity contribution in [3.8, 4) is 0 Å². The Labute approximate surface area is 146 Å². The molecule has 2 amide bonds. The van der Waals surface area contributed by atoms with Gasteiger partial charge in [0.2, 0.25) is 5.91 Å². The Morgan fingerprint density at radius 2 is 1.83 bits per heavy atom. The SMILES string of the molecule is CN(C)C(=O)c1cccc(NC(=O)CSCCc2ccccc2)n1. The zero-order valence-corrected chi connectivity index (χ0v) is 14.7. The number of thioether (sulfide) groups is 1. The predicted octanol–water partition coefficient (Wildman–Crippen LogP) is 2.70. The molecule has 0 unspecified atom stereocenters. The number of aryl methyl sites for hydroxylation is 1. The summed E-state index contributed by atoms with van der Waals surface area (Å²) in [4.78, 5) is 29.5. The number of hydrogen-bond donors (Lipinski definition) is 1. The van der Waals surface area contributed by atoms with Crippen LogP contribution in [0, 0.1) is 0 Å². The third kappa shape index (κ3) is 5.70. The molecular weight excluding hydrogens is 322 g/mol. The predicted molar refractivity (Wildman–Crippen MR) is 98.4 cm³/mol. The molecule has 0 radical (unpaired) electrons. The number of benzene rings is 1. The van der Waals surface area contributed by atoms with Crippen molar-refractivity contribution < 1.29 is 9.59 Å². The first-order valence-electron chi connectivity index (χ1n) is 7.66. The molecule has 0 aliphatic carbocycles. The molecule has 1 aromatic carbocycles. The van der Waals surface area contributed by atoms with E-state index in [1.54, 1.807) is 44.1 Å². The first kappa shape index (κ1) is 18.0. The molecule has 2 rings (SSSR count). The summed E-state index contributed by atoms with van der Waals surface area (Å²) >= 11 is 1.58. The molecule has 0 atom stereocenters. The standard InChI is InChI=1S/C18H21N3O2S/c1-21(2)18(23)15-9-6-10-16(19-15)20-17(22)13-24-12-11-14-7-4-3-5-8-14/h3-10H,11-13H2,1-2H3,(H,19,20,22). The largest absolute Gasteiger partial charge is 0.343 e. The van der Waals surface area contributed by atoms with Crippen LogP contribution < -0.4 is 5.32 Å². The van der Waals surface area contributed by atoms with Gasteiger partial charge in [-0.1, -0.05) is 36.4 Å². The Morgan fingerprint density at radius 1 is 1.08 bits per heavy atom. The van der Waals surface area contributed by atoms with Crippen LogP contribution in [0.15, 0.2) is 48.5 Å². The highest BCUT2D eigenvalue weighted by atomic mass is 32.2. The average molecular weight is 343 g/mol. The molecule has 1 heterocycles. The molecule has 0 fully saturated rings. The van der Waals surface area contributed by atoms with Crippen LogP contribution in [0.5, 0.6) is 0 Å². The van der Waals surface area contributed by atoms with E-state index in [4.69, 9.17) is 0 Å². The highest BCUT2D eigenvalue weighted by Crippen LogP contribution is 2.10. The molecule has 1 N–H and O–H groups in total. The summed E-state index contributed by atoms with van der Waals surface area (Å²) in [5, 5.41) is 2.73. The van der Waals surface area contributed by atoms with E-state index in [0.29, 0.717) is 17.3 Å². The van der Waals surface area contributed by atoms with Crippen molar-refractivity contribution in [3.05, 3.63) is 59.8 Å². The zero-order valence-electron chi connectivity index (χ0n) is 13.9. The first-order chi connectivity index (χ1) is 11.6. The van der Waals surface area contributed by atoms with Crippen LogP contribution in [-0.4, -0.2) is 47.3 Å². The Balaban J connectivity index is 1.78. The van der Waals surface area contributed by atoms with E-state index in [9.17, 15) is 9.59 Å². The van der Waals surface area contributed by atoms with Gasteiger partial charge in [-0.25, -0.2) is 4.98 Å². The Morgan fingerprint density at radius 3 is 2.54 bits per heavy atom. The summed E-state index contributed by atoms with van der Waals surface area (Å²) in [5.41, 5.74) is 1.58. The minimum atomic E-state index is -0.191. The Bertz CT molecular complexity index is 690. The number of amides is 2. The maximum atomic E-state index is 12.0. The van der Waals surface area contributed by atoms with E-state index in [1.165, 1.54) is 10.5 Å². The lowest BCUT2D eigenvalue weighted by atomic mass is 10.2. The fourth-order valence-corrected chi connectivity index (χ4v) is 2.81. The molecule has 0 bridgehead atoms. The van der Waals surface area contributed by atoms with Gasteiger partial charge in [0.25, 0.3) is 5.91 Å². The fourth-order valence-electron chi connectivity index (χ4n) is 2.03. The van der Waals surface area contributed by atoms with Crippen LogP contribution in [0.4, 0.5) is 5.82 Å². The molecule has 0 aliphatic heterocycles. The van der Waals surface area contributed by atoms with E-state index in [2.05, 4.69) is 22.4 Å². The lowest BCUT2D eigenvalue weighted by molar-refractivity contribution is -0.113. The molecule has 6 heteroatoms. The minimum Gasteiger partial charge on any atom is -0.343 e. The zero-order chi connectivity index (χ0) is 17.4. The topological polar surface area (TPSA) is 62.3 Å². The molecule has 0 saturated carbocycles. The van der Waals surface area contributed by atoms with Gasteiger partial charge < -0.3 is 10.2 Å². The first-order valence-corrected chi connectivity index (χ1v) is 8.82. The molecule has 0 spiro atoms. The van der Waals surface area contributed by atoms with Crippen LogP contribution >= 0.6 is 11.8 Å². The van der Waals surface area contributed by atoms with Gasteiger partial charge in [0, 0.05) is 14.1 Å². The maximum Gasteiger partial charge on any atom is 0.272 e. The van der Waals surface area contributed by atoms with Crippen molar-refractivity contribution in [2.75, 3.05) is 30.9 Å². The van der Waals surface area contributed by atoms with E-state index >= 15 is 0 Å². The van der Waals surface area contributed by atoms with Crippen molar-refractivity contribution >= 4 is 29.4 Å². The minimum absolute atomic E-state index is 0.116. The second-order valence-corrected chi connectivity index (χ2v) is 6.55. The summed E-state index contributed by atoms with van der Waals surface area (Å²) in [5.74, 6) is 1.33. The number of pyridine rings is 1. The monoisotopic (exact) mass is 343 g/mol. The molecule has 126 valence electrons. The molecular formula is C18H21N3O2S. The van der Waals surface area contributed by atoms with Crippen molar-refractivity contribution in [1.82, 2.24) is 9.88 Å². The number of aromatic nitrogens is 1. The Kier molecular flexibility index (Phi) is 6.81. The van der Waals surface area contributed by atoms with Gasteiger partial charge in [-0.3, -0.25) is 9.59 Å². The van der Waals surface area contributed by atoms with E-state index in [1.807, 2.05) is 18.2 Å². The third-order valence-electron chi connectivity index (χ3n) is 3.25. The summed E-state index contributed by atoms with van der Waals surface area (Å²) in [6.07, 6.45) is 0.934. The summed E-state index contributed by atoms with van der Waals surface area (Å²) in [6.45, 7) is 0. The van der Waals surface area contributed by atoms with Crippen molar-refractivity contribution in [2.45, 2.75) is 6.42 Å². The van der Waals surface area contributed by atoms with Crippen molar-refractivity contribution in [3.63, 3.8) is 0 Å². The van der Waals surface area contributed by atoms with Gasteiger partial charge in [0.15, 0.2) is 0 Å². The third-order valence-corrected chi connectivity index (χ3v) is 4.21. The number of nitrogens with zero attached hydrogens (tertiary/aromatic N) is 2. The Hall–Kier alpha value is -2.34. The molecule has 2 aromatic rings. The average Bonchev–Trinajstić information content (AvgIpc) is 2.59.